The number of allylic oxidation sites excluding steroid dienone is 1. The fraction of sp³-hybridized carbons (Fsp3) is 0.125. The Morgan fingerprint density at radius 2 is 0.609 bits per heavy atom. The van der Waals surface area contributed by atoms with E-state index in [1.165, 1.54) is 0 Å². The molecule has 0 amide bonds. The fourth-order valence-electron chi connectivity index (χ4n) is 0. The van der Waals surface area contributed by atoms with E-state index in [1.807, 2.05) is 6.92 Å². The molecular formula is C8H11F5O10. The molecule has 15 heteroatoms. The Hall–Kier alpha value is -3.26. The van der Waals surface area contributed by atoms with E-state index in [9.17, 15) is 22.0 Å². The topological polar surface area (TPSA) is 186 Å². The van der Waals surface area contributed by atoms with Gasteiger partial charge < -0.3 is 25.5 Å². The van der Waals surface area contributed by atoms with Crippen LogP contribution >= 0.6 is 0 Å². The van der Waals surface area contributed by atoms with Gasteiger partial charge in [-0.1, -0.05) is 6.08 Å². The summed E-state index contributed by atoms with van der Waals surface area (Å²) in [7, 11) is 0. The highest BCUT2D eigenvalue weighted by Gasteiger charge is 1.75. The Labute approximate surface area is 123 Å². The van der Waals surface area contributed by atoms with Crippen LogP contribution in [0.1, 0.15) is 6.92 Å². The Bertz CT molecular complexity index is 256. The molecule has 0 aromatic carbocycles. The summed E-state index contributed by atoms with van der Waals surface area (Å²) in [4.78, 5) is 41.7. The average Bonchev–Trinajstić information content (AvgIpc) is 2.11. The molecule has 0 radical (unpaired) electrons. The first-order valence-corrected chi connectivity index (χ1v) is 4.07. The Morgan fingerprint density at radius 3 is 0.609 bits per heavy atom. The second-order valence-electron chi connectivity index (χ2n) is 1.67. The Morgan fingerprint density at radius 1 is 0.609 bits per heavy atom. The van der Waals surface area contributed by atoms with E-state index in [0.29, 0.717) is 0 Å². The predicted molar refractivity (Wildman–Crippen MR) is 61.5 cm³/mol. The van der Waals surface area contributed by atoms with Crippen molar-refractivity contribution in [1.29, 1.82) is 0 Å². The third kappa shape index (κ3) is 494. The molecule has 0 rings (SSSR count). The van der Waals surface area contributed by atoms with Gasteiger partial charge in [0.05, 0.1) is 0 Å². The van der Waals surface area contributed by atoms with Gasteiger partial charge in [-0.15, -0.1) is 28.5 Å². The van der Waals surface area contributed by atoms with Crippen LogP contribution in [0.15, 0.2) is 12.7 Å². The maximum Gasteiger partial charge on any atom is 0.492 e. The predicted octanol–water partition coefficient (Wildman–Crippen LogP) is 4.36. The molecule has 0 atom stereocenters. The van der Waals surface area contributed by atoms with E-state index in [2.05, 4.69) is 6.58 Å². The SMILES string of the molecule is C=CC.O=C(O)F.O=C(O)F.O=C(O)F.O=C(O)F.O=C(O)F. The van der Waals surface area contributed by atoms with Crippen molar-refractivity contribution in [2.24, 2.45) is 0 Å². The number of hydrogen-bond acceptors (Lipinski definition) is 5. The van der Waals surface area contributed by atoms with Gasteiger partial charge >= 0.3 is 31.1 Å². The minimum absolute atomic E-state index is 1.75. The summed E-state index contributed by atoms with van der Waals surface area (Å²) in [6.07, 6.45) is -9.92. The van der Waals surface area contributed by atoms with Crippen molar-refractivity contribution in [2.75, 3.05) is 0 Å². The van der Waals surface area contributed by atoms with Gasteiger partial charge in [-0.2, -0.15) is 0 Å². The summed E-state index contributed by atoms with van der Waals surface area (Å²) in [5.74, 6) is 0. The molecule has 0 aliphatic rings. The number of rotatable bonds is 0. The number of carbonyl (C=O) groups is 5. The molecule has 0 fully saturated rings. The molecule has 5 N–H and O–H groups in total. The van der Waals surface area contributed by atoms with Gasteiger partial charge in [0.15, 0.2) is 0 Å². The van der Waals surface area contributed by atoms with E-state index in [0.717, 1.165) is 0 Å². The van der Waals surface area contributed by atoms with Gasteiger partial charge in [-0.3, -0.25) is 0 Å². The summed E-state index contributed by atoms with van der Waals surface area (Å²) >= 11 is 0. The van der Waals surface area contributed by atoms with Crippen LogP contribution in [0.2, 0.25) is 0 Å². The molecular weight excluding hydrogens is 351 g/mol. The van der Waals surface area contributed by atoms with Crippen molar-refractivity contribution in [1.82, 2.24) is 0 Å². The van der Waals surface area contributed by atoms with Crippen LogP contribution in [-0.2, 0) is 0 Å². The standard InChI is InChI=1S/C3H6.5CHFO2/c1-3-2;5*2-1(3)4/h3H,1H2,2H3;5*(H,3,4). The maximum absolute atomic E-state index is 9.92. The number of halogens is 5. The first-order valence-electron chi connectivity index (χ1n) is 4.07. The van der Waals surface area contributed by atoms with Gasteiger partial charge in [0.25, 0.3) is 0 Å². The van der Waals surface area contributed by atoms with E-state index < -0.39 is 31.1 Å². The molecule has 0 saturated carbocycles. The Balaban J connectivity index is -0.0000000378. The molecule has 0 saturated heterocycles. The highest BCUT2D eigenvalue weighted by Crippen LogP contribution is 1.59. The van der Waals surface area contributed by atoms with Gasteiger partial charge in [0.2, 0.25) is 0 Å². The molecule has 0 aromatic heterocycles. The molecule has 0 heterocycles. The molecule has 138 valence electrons. The van der Waals surface area contributed by atoms with E-state index in [1.54, 1.807) is 6.08 Å². The van der Waals surface area contributed by atoms with Crippen molar-refractivity contribution in [3.8, 4) is 0 Å². The monoisotopic (exact) mass is 362 g/mol. The van der Waals surface area contributed by atoms with E-state index in [-0.39, 0.29) is 0 Å². The highest BCUT2D eigenvalue weighted by molar-refractivity contribution is 5.55. The molecule has 0 spiro atoms. The quantitative estimate of drug-likeness (QED) is 0.235. The molecule has 0 bridgehead atoms. The van der Waals surface area contributed by atoms with Crippen molar-refractivity contribution in [3.63, 3.8) is 0 Å². The van der Waals surface area contributed by atoms with Crippen molar-refractivity contribution >= 4 is 31.1 Å². The summed E-state index contributed by atoms with van der Waals surface area (Å²) in [6, 6.07) is 0. The summed E-state index contributed by atoms with van der Waals surface area (Å²) in [5, 5.41) is 33.8. The van der Waals surface area contributed by atoms with E-state index >= 15 is 0 Å². The van der Waals surface area contributed by atoms with Crippen LogP contribution in [0, 0.1) is 0 Å². The summed E-state index contributed by atoms with van der Waals surface area (Å²) in [5.41, 5.74) is 0. The zero-order chi connectivity index (χ0) is 20.6. The molecule has 0 unspecified atom stereocenters. The summed E-state index contributed by atoms with van der Waals surface area (Å²) < 4.78 is 49.6. The molecule has 0 aliphatic carbocycles. The van der Waals surface area contributed by atoms with Crippen LogP contribution < -0.4 is 0 Å². The van der Waals surface area contributed by atoms with Crippen LogP contribution in [-0.4, -0.2) is 56.6 Å². The molecule has 23 heavy (non-hydrogen) atoms. The molecule has 0 aliphatic heterocycles. The lowest BCUT2D eigenvalue weighted by atomic mass is 10.8. The van der Waals surface area contributed by atoms with Gasteiger partial charge in [-0.05, 0) is 6.92 Å². The third-order valence-electron chi connectivity index (χ3n) is 0. The Kier molecular flexibility index (Phi) is 58.0. The lowest BCUT2D eigenvalue weighted by molar-refractivity contribution is 0.167. The van der Waals surface area contributed by atoms with Crippen molar-refractivity contribution in [2.45, 2.75) is 6.92 Å². The second kappa shape index (κ2) is 36.3. The van der Waals surface area contributed by atoms with Crippen LogP contribution in [0.25, 0.3) is 0 Å². The first-order chi connectivity index (χ1) is 10.1. The third-order valence-corrected chi connectivity index (χ3v) is 0. The van der Waals surface area contributed by atoms with Crippen LogP contribution in [0.3, 0.4) is 0 Å². The zero-order valence-electron chi connectivity index (χ0n) is 11.0. The minimum atomic E-state index is -2.33. The maximum atomic E-state index is 9.92. The zero-order valence-corrected chi connectivity index (χ0v) is 11.0. The fourth-order valence-corrected chi connectivity index (χ4v) is 0. The average molecular weight is 362 g/mol. The number of hydrogen-bond donors (Lipinski definition) is 5. The van der Waals surface area contributed by atoms with E-state index in [4.69, 9.17) is 49.5 Å². The number of carboxylic acid groups (broad SMARTS) is 5. The second-order valence-corrected chi connectivity index (χ2v) is 1.67. The highest BCUT2D eigenvalue weighted by atomic mass is 19.2. The largest absolute Gasteiger partial charge is 0.492 e. The van der Waals surface area contributed by atoms with Crippen LogP contribution in [0.4, 0.5) is 45.9 Å². The lowest BCUT2D eigenvalue weighted by Crippen LogP contribution is -1.69. The van der Waals surface area contributed by atoms with Crippen molar-refractivity contribution in [3.05, 3.63) is 12.7 Å². The molecule has 10 nitrogen and oxygen atoms in total. The summed E-state index contributed by atoms with van der Waals surface area (Å²) in [6.45, 7) is 5.25. The first kappa shape index (κ1) is 36.7. The van der Waals surface area contributed by atoms with Gasteiger partial charge in [0.1, 0.15) is 0 Å². The lowest BCUT2D eigenvalue weighted by Gasteiger charge is -1.53. The van der Waals surface area contributed by atoms with Gasteiger partial charge in [-0.25, -0.2) is 24.0 Å². The smallest absolute Gasteiger partial charge is 0.456 e. The minimum Gasteiger partial charge on any atom is -0.456 e. The van der Waals surface area contributed by atoms with Crippen LogP contribution in [0.5, 0.6) is 0 Å². The van der Waals surface area contributed by atoms with Crippen molar-refractivity contribution < 1.29 is 71.5 Å². The molecule has 0 aromatic rings. The van der Waals surface area contributed by atoms with Gasteiger partial charge in [0, 0.05) is 0 Å². The normalized spacial score (nSPS) is 6.00.